The van der Waals surface area contributed by atoms with Crippen LogP contribution >= 0.6 is 23.2 Å². The van der Waals surface area contributed by atoms with Gasteiger partial charge in [0, 0.05) is 27.7 Å². The Balaban J connectivity index is 2.02. The lowest BCUT2D eigenvalue weighted by Gasteiger charge is -2.09. The van der Waals surface area contributed by atoms with Gasteiger partial charge in [0.25, 0.3) is 0 Å². The second-order valence-corrected chi connectivity index (χ2v) is 4.83. The van der Waals surface area contributed by atoms with Gasteiger partial charge in [0.2, 0.25) is 0 Å². The zero-order valence-corrected chi connectivity index (χ0v) is 11.8. The van der Waals surface area contributed by atoms with E-state index in [2.05, 4.69) is 4.98 Å². The van der Waals surface area contributed by atoms with E-state index in [9.17, 15) is 0 Å². The fraction of sp³-hybridized carbons (Fsp3) is 0.214. The highest BCUT2D eigenvalue weighted by Gasteiger charge is 2.06. The van der Waals surface area contributed by atoms with Crippen LogP contribution in [0.3, 0.4) is 0 Å². The maximum absolute atomic E-state index is 6.07. The van der Waals surface area contributed by atoms with Gasteiger partial charge in [-0.2, -0.15) is 0 Å². The Bertz CT molecular complexity index is 523. The summed E-state index contributed by atoms with van der Waals surface area (Å²) in [4.78, 5) is 4.25. The predicted molar refractivity (Wildman–Crippen MR) is 77.8 cm³/mol. The van der Waals surface area contributed by atoms with Gasteiger partial charge >= 0.3 is 0 Å². The average molecular weight is 297 g/mol. The van der Waals surface area contributed by atoms with Crippen LogP contribution in [-0.2, 0) is 13.0 Å². The summed E-state index contributed by atoms with van der Waals surface area (Å²) in [5.41, 5.74) is 7.19. The van der Waals surface area contributed by atoms with E-state index in [1.807, 2.05) is 12.1 Å². The molecule has 0 amide bonds. The van der Waals surface area contributed by atoms with Crippen molar-refractivity contribution in [1.82, 2.24) is 4.98 Å². The van der Waals surface area contributed by atoms with Crippen LogP contribution in [0.1, 0.15) is 11.3 Å². The van der Waals surface area contributed by atoms with Gasteiger partial charge in [-0.3, -0.25) is 4.98 Å². The lowest BCUT2D eigenvalue weighted by molar-refractivity contribution is 0.305. The summed E-state index contributed by atoms with van der Waals surface area (Å²) in [5, 5.41) is 1.19. The Kier molecular flexibility index (Phi) is 5.02. The van der Waals surface area contributed by atoms with Gasteiger partial charge in [0.05, 0.1) is 6.20 Å². The van der Waals surface area contributed by atoms with E-state index in [1.54, 1.807) is 24.4 Å². The topological polar surface area (TPSA) is 48.1 Å². The molecule has 2 aromatic rings. The zero-order chi connectivity index (χ0) is 13.7. The first-order valence-corrected chi connectivity index (χ1v) is 6.67. The van der Waals surface area contributed by atoms with E-state index in [4.69, 9.17) is 33.7 Å². The van der Waals surface area contributed by atoms with Crippen molar-refractivity contribution in [2.24, 2.45) is 5.73 Å². The molecule has 0 saturated carbocycles. The van der Waals surface area contributed by atoms with Crippen molar-refractivity contribution in [2.45, 2.75) is 13.0 Å². The number of nitrogens with zero attached hydrogens (tertiary/aromatic N) is 1. The molecule has 1 aromatic carbocycles. The van der Waals surface area contributed by atoms with E-state index < -0.39 is 0 Å². The molecule has 1 aromatic heterocycles. The highest BCUT2D eigenvalue weighted by atomic mass is 35.5. The summed E-state index contributed by atoms with van der Waals surface area (Å²) in [5.74, 6) is 0.678. The molecule has 0 aliphatic heterocycles. The Labute approximate surface area is 122 Å². The molecular formula is C14H14Cl2N2O. The third-order valence-corrected chi connectivity index (χ3v) is 3.35. The number of pyridine rings is 1. The summed E-state index contributed by atoms with van der Waals surface area (Å²) in [6.45, 7) is 0.902. The van der Waals surface area contributed by atoms with Crippen molar-refractivity contribution in [3.05, 3.63) is 57.8 Å². The van der Waals surface area contributed by atoms with Crippen molar-refractivity contribution in [2.75, 3.05) is 6.54 Å². The first kappa shape index (κ1) is 14.1. The molecule has 1 heterocycles. The largest absolute Gasteiger partial charge is 0.487 e. The van der Waals surface area contributed by atoms with Gasteiger partial charge in [0.15, 0.2) is 0 Å². The van der Waals surface area contributed by atoms with Crippen LogP contribution in [-0.4, -0.2) is 11.5 Å². The second kappa shape index (κ2) is 6.75. The normalized spacial score (nSPS) is 10.5. The fourth-order valence-electron chi connectivity index (χ4n) is 1.62. The lowest BCUT2D eigenvalue weighted by atomic mass is 10.2. The smallest absolute Gasteiger partial charge is 0.138 e. The van der Waals surface area contributed by atoms with Gasteiger partial charge < -0.3 is 10.5 Å². The first-order chi connectivity index (χ1) is 9.20. The Morgan fingerprint density at radius 3 is 2.42 bits per heavy atom. The molecule has 0 aliphatic carbocycles. The summed E-state index contributed by atoms with van der Waals surface area (Å²) in [7, 11) is 0. The van der Waals surface area contributed by atoms with Crippen LogP contribution in [0.2, 0.25) is 10.0 Å². The molecule has 0 fully saturated rings. The zero-order valence-electron chi connectivity index (χ0n) is 10.3. The molecule has 0 radical (unpaired) electrons. The van der Waals surface area contributed by atoms with Gasteiger partial charge in [-0.1, -0.05) is 29.3 Å². The van der Waals surface area contributed by atoms with Gasteiger partial charge in [-0.15, -0.1) is 0 Å². The van der Waals surface area contributed by atoms with E-state index in [-0.39, 0.29) is 0 Å². The number of aromatic nitrogens is 1. The highest BCUT2D eigenvalue weighted by Crippen LogP contribution is 2.25. The molecule has 19 heavy (non-hydrogen) atoms. The molecule has 3 nitrogen and oxygen atoms in total. The quantitative estimate of drug-likeness (QED) is 0.919. The monoisotopic (exact) mass is 296 g/mol. The minimum absolute atomic E-state index is 0.316. The van der Waals surface area contributed by atoms with E-state index >= 15 is 0 Å². The third kappa shape index (κ3) is 3.83. The van der Waals surface area contributed by atoms with E-state index in [1.165, 1.54) is 0 Å². The van der Waals surface area contributed by atoms with Crippen molar-refractivity contribution >= 4 is 23.2 Å². The molecule has 2 N–H and O–H groups in total. The minimum Gasteiger partial charge on any atom is -0.487 e. The van der Waals surface area contributed by atoms with Crippen LogP contribution in [0.4, 0.5) is 0 Å². The maximum Gasteiger partial charge on any atom is 0.138 e. The Morgan fingerprint density at radius 2 is 1.84 bits per heavy atom. The van der Waals surface area contributed by atoms with Crippen molar-refractivity contribution in [3.63, 3.8) is 0 Å². The summed E-state index contributed by atoms with van der Waals surface area (Å²) in [6, 6.07) is 9.14. The predicted octanol–water partition coefficient (Wildman–Crippen LogP) is 3.47. The molecule has 100 valence electrons. The first-order valence-electron chi connectivity index (χ1n) is 5.91. The van der Waals surface area contributed by atoms with Crippen molar-refractivity contribution in [1.29, 1.82) is 0 Å². The number of ether oxygens (including phenoxy) is 1. The highest BCUT2D eigenvalue weighted by molar-refractivity contribution is 6.35. The molecule has 5 heteroatoms. The number of hydrogen-bond acceptors (Lipinski definition) is 3. The van der Waals surface area contributed by atoms with Gasteiger partial charge in [0.1, 0.15) is 12.4 Å². The number of rotatable bonds is 5. The molecule has 2 rings (SSSR count). The van der Waals surface area contributed by atoms with Crippen molar-refractivity contribution < 1.29 is 4.74 Å². The molecule has 0 saturated heterocycles. The van der Waals surface area contributed by atoms with Crippen LogP contribution in [0.5, 0.6) is 5.75 Å². The second-order valence-electron chi connectivity index (χ2n) is 4.01. The molecule has 0 aliphatic rings. The lowest BCUT2D eigenvalue weighted by Crippen LogP contribution is -2.04. The minimum atomic E-state index is 0.316. The molecular weight excluding hydrogens is 283 g/mol. The number of nitrogens with two attached hydrogens (primary N) is 1. The standard InChI is InChI=1S/C14H14Cl2N2O/c15-13-2-1-3-14(16)12(13)9-19-11-5-4-10(6-7-17)18-8-11/h1-5,8H,6-7,9,17H2. The van der Waals surface area contributed by atoms with Gasteiger partial charge in [-0.25, -0.2) is 0 Å². The maximum atomic E-state index is 6.07. The van der Waals surface area contributed by atoms with E-state index in [0.29, 0.717) is 28.9 Å². The molecule has 0 atom stereocenters. The Morgan fingerprint density at radius 1 is 1.11 bits per heavy atom. The number of hydrogen-bond donors (Lipinski definition) is 1. The van der Waals surface area contributed by atoms with Crippen molar-refractivity contribution in [3.8, 4) is 5.75 Å². The summed E-state index contributed by atoms with van der Waals surface area (Å²) < 4.78 is 5.62. The summed E-state index contributed by atoms with van der Waals surface area (Å²) in [6.07, 6.45) is 2.44. The van der Waals surface area contributed by atoms with E-state index in [0.717, 1.165) is 17.7 Å². The Hall–Kier alpha value is -1.29. The third-order valence-electron chi connectivity index (χ3n) is 2.64. The van der Waals surface area contributed by atoms with Crippen LogP contribution < -0.4 is 10.5 Å². The van der Waals surface area contributed by atoms with Crippen LogP contribution in [0.15, 0.2) is 36.5 Å². The number of benzene rings is 1. The summed E-state index contributed by atoms with van der Waals surface area (Å²) >= 11 is 12.1. The average Bonchev–Trinajstić information content (AvgIpc) is 2.40. The molecule has 0 unspecified atom stereocenters. The van der Waals surface area contributed by atoms with Gasteiger partial charge in [-0.05, 0) is 30.8 Å². The van der Waals surface area contributed by atoms with Crippen LogP contribution in [0, 0.1) is 0 Å². The molecule has 0 bridgehead atoms. The number of halogens is 2. The molecule has 0 spiro atoms. The fourth-order valence-corrected chi connectivity index (χ4v) is 2.12. The SMILES string of the molecule is NCCc1ccc(OCc2c(Cl)cccc2Cl)cn1. The van der Waals surface area contributed by atoms with Crippen LogP contribution in [0.25, 0.3) is 0 Å².